The number of carbonyl (C=O) groups excluding carboxylic acids is 2. The van der Waals surface area contributed by atoms with Crippen molar-refractivity contribution in [2.75, 3.05) is 20.8 Å². The van der Waals surface area contributed by atoms with Gasteiger partial charge in [0.2, 0.25) is 0 Å². The van der Waals surface area contributed by atoms with Crippen LogP contribution < -0.4 is 14.8 Å². The smallest absolute Gasteiger partial charge is 0.336 e. The second kappa shape index (κ2) is 8.46. The highest BCUT2D eigenvalue weighted by atomic mass is 79.9. The van der Waals surface area contributed by atoms with E-state index in [9.17, 15) is 9.59 Å². The molecule has 0 amide bonds. The molecule has 0 aromatic heterocycles. The van der Waals surface area contributed by atoms with E-state index in [-0.39, 0.29) is 17.8 Å². The zero-order valence-corrected chi connectivity index (χ0v) is 19.9. The van der Waals surface area contributed by atoms with Crippen molar-refractivity contribution in [1.29, 1.82) is 0 Å². The van der Waals surface area contributed by atoms with Gasteiger partial charge < -0.3 is 19.5 Å². The van der Waals surface area contributed by atoms with E-state index in [1.807, 2.05) is 13.0 Å². The van der Waals surface area contributed by atoms with Gasteiger partial charge in [-0.2, -0.15) is 0 Å². The summed E-state index contributed by atoms with van der Waals surface area (Å²) in [5.41, 5.74) is 3.24. The summed E-state index contributed by atoms with van der Waals surface area (Å²) in [5.74, 6) is 0.137. The van der Waals surface area contributed by atoms with Crippen LogP contribution in [0.1, 0.15) is 52.0 Å². The number of Topliss-reactive ketones (excluding diaryl/α,β-unsaturated/α-hetero) is 1. The van der Waals surface area contributed by atoms with Crippen molar-refractivity contribution in [1.82, 2.24) is 5.32 Å². The standard InChI is InChI=1S/C23H28BrNO5/c1-7-30-22(27)19-12(2)25-15-10-23(3,4)11-16(26)21(15)20(19)13-8-17(28-5)18(29-6)9-14(13)24/h8-9,20,25H,7,10-11H2,1-6H3. The molecule has 0 fully saturated rings. The molecule has 1 atom stereocenters. The molecule has 0 saturated heterocycles. The summed E-state index contributed by atoms with van der Waals surface area (Å²) >= 11 is 3.62. The first-order chi connectivity index (χ1) is 14.1. The lowest BCUT2D eigenvalue weighted by atomic mass is 9.68. The van der Waals surface area contributed by atoms with Gasteiger partial charge in [0.15, 0.2) is 17.3 Å². The minimum atomic E-state index is -0.557. The second-order valence-corrected chi connectivity index (χ2v) is 9.23. The molecule has 1 heterocycles. The second-order valence-electron chi connectivity index (χ2n) is 8.38. The summed E-state index contributed by atoms with van der Waals surface area (Å²) in [6.07, 6.45) is 1.15. The highest BCUT2D eigenvalue weighted by Crippen LogP contribution is 2.49. The maximum absolute atomic E-state index is 13.3. The number of esters is 1. The minimum absolute atomic E-state index is 0.0368. The van der Waals surface area contributed by atoms with E-state index in [0.29, 0.717) is 34.8 Å². The lowest BCUT2D eigenvalue weighted by molar-refractivity contribution is -0.138. The Bertz CT molecular complexity index is 961. The third-order valence-electron chi connectivity index (χ3n) is 5.55. The fraction of sp³-hybridized carbons (Fsp3) is 0.478. The first kappa shape index (κ1) is 22.4. The maximum atomic E-state index is 13.3. The van der Waals surface area contributed by atoms with Crippen LogP contribution in [-0.4, -0.2) is 32.6 Å². The van der Waals surface area contributed by atoms with E-state index < -0.39 is 11.9 Å². The molecule has 7 heteroatoms. The SMILES string of the molecule is CCOC(=O)C1=C(C)NC2=C(C(=O)CC(C)(C)C2)C1c1cc(OC)c(OC)cc1Br. The Kier molecular flexibility index (Phi) is 6.32. The van der Waals surface area contributed by atoms with E-state index >= 15 is 0 Å². The molecule has 0 radical (unpaired) electrons. The van der Waals surface area contributed by atoms with Gasteiger partial charge in [0, 0.05) is 33.8 Å². The summed E-state index contributed by atoms with van der Waals surface area (Å²) in [6, 6.07) is 3.62. The van der Waals surface area contributed by atoms with Crippen LogP contribution >= 0.6 is 15.9 Å². The van der Waals surface area contributed by atoms with E-state index in [1.54, 1.807) is 27.2 Å². The van der Waals surface area contributed by atoms with Crippen LogP contribution in [0.5, 0.6) is 11.5 Å². The van der Waals surface area contributed by atoms with Crippen molar-refractivity contribution < 1.29 is 23.8 Å². The zero-order valence-electron chi connectivity index (χ0n) is 18.3. The van der Waals surface area contributed by atoms with Crippen LogP contribution in [0, 0.1) is 5.41 Å². The van der Waals surface area contributed by atoms with Gasteiger partial charge >= 0.3 is 5.97 Å². The van der Waals surface area contributed by atoms with E-state index in [2.05, 4.69) is 35.1 Å². The number of benzene rings is 1. The van der Waals surface area contributed by atoms with Crippen molar-refractivity contribution in [3.8, 4) is 11.5 Å². The lowest BCUT2D eigenvalue weighted by Gasteiger charge is -2.39. The minimum Gasteiger partial charge on any atom is -0.493 e. The molecule has 3 rings (SSSR count). The number of carbonyl (C=O) groups is 2. The monoisotopic (exact) mass is 477 g/mol. The third kappa shape index (κ3) is 4.00. The largest absolute Gasteiger partial charge is 0.493 e. The highest BCUT2D eigenvalue weighted by molar-refractivity contribution is 9.10. The third-order valence-corrected chi connectivity index (χ3v) is 6.24. The van der Waals surface area contributed by atoms with Gasteiger partial charge in [-0.25, -0.2) is 4.79 Å². The molecule has 0 bridgehead atoms. The molecule has 2 aliphatic rings. The molecule has 0 saturated carbocycles. The molecule has 1 aromatic carbocycles. The maximum Gasteiger partial charge on any atom is 0.336 e. The van der Waals surface area contributed by atoms with Crippen molar-refractivity contribution in [2.24, 2.45) is 5.41 Å². The Morgan fingerprint density at radius 3 is 2.43 bits per heavy atom. The number of ether oxygens (including phenoxy) is 3. The number of methoxy groups -OCH3 is 2. The fourth-order valence-corrected chi connectivity index (χ4v) is 4.87. The fourth-order valence-electron chi connectivity index (χ4n) is 4.32. The molecule has 1 aliphatic heterocycles. The molecule has 1 N–H and O–H groups in total. The van der Waals surface area contributed by atoms with Crippen LogP contribution in [0.2, 0.25) is 0 Å². The summed E-state index contributed by atoms with van der Waals surface area (Å²) in [4.78, 5) is 26.3. The van der Waals surface area contributed by atoms with Crippen LogP contribution in [0.25, 0.3) is 0 Å². The molecule has 0 spiro atoms. The van der Waals surface area contributed by atoms with E-state index in [1.165, 1.54) is 0 Å². The van der Waals surface area contributed by atoms with Gasteiger partial charge in [0.1, 0.15) is 0 Å². The molecule has 1 aliphatic carbocycles. The number of ketones is 1. The predicted molar refractivity (Wildman–Crippen MR) is 118 cm³/mol. The first-order valence-corrected chi connectivity index (χ1v) is 10.7. The van der Waals surface area contributed by atoms with Gasteiger partial charge in [-0.1, -0.05) is 29.8 Å². The summed E-state index contributed by atoms with van der Waals surface area (Å²) in [7, 11) is 3.13. The molecule has 6 nitrogen and oxygen atoms in total. The summed E-state index contributed by atoms with van der Waals surface area (Å²) in [6.45, 7) is 8.03. The van der Waals surface area contributed by atoms with Crippen molar-refractivity contribution in [3.05, 3.63) is 44.7 Å². The first-order valence-electron chi connectivity index (χ1n) is 9.96. The van der Waals surface area contributed by atoms with Gasteiger partial charge in [0.05, 0.1) is 26.4 Å². The van der Waals surface area contributed by atoms with Gasteiger partial charge in [-0.3, -0.25) is 4.79 Å². The molecule has 1 aromatic rings. The Morgan fingerprint density at radius 2 is 1.83 bits per heavy atom. The highest BCUT2D eigenvalue weighted by Gasteiger charge is 2.43. The van der Waals surface area contributed by atoms with Crippen LogP contribution in [0.4, 0.5) is 0 Å². The van der Waals surface area contributed by atoms with Gasteiger partial charge in [-0.15, -0.1) is 0 Å². The number of hydrogen-bond acceptors (Lipinski definition) is 6. The van der Waals surface area contributed by atoms with Gasteiger partial charge in [-0.05, 0) is 43.4 Å². The Hall–Kier alpha value is -2.28. The van der Waals surface area contributed by atoms with Crippen molar-refractivity contribution in [3.63, 3.8) is 0 Å². The van der Waals surface area contributed by atoms with Crippen LogP contribution in [0.3, 0.4) is 0 Å². The molecule has 30 heavy (non-hydrogen) atoms. The van der Waals surface area contributed by atoms with E-state index in [4.69, 9.17) is 14.2 Å². The molecule has 162 valence electrons. The number of hydrogen-bond donors (Lipinski definition) is 1. The van der Waals surface area contributed by atoms with Crippen molar-refractivity contribution >= 4 is 27.7 Å². The number of nitrogens with one attached hydrogen (secondary N) is 1. The summed E-state index contributed by atoms with van der Waals surface area (Å²) in [5, 5.41) is 3.33. The quantitative estimate of drug-likeness (QED) is 0.622. The number of allylic oxidation sites excluding steroid dienone is 3. The van der Waals surface area contributed by atoms with Crippen LogP contribution in [-0.2, 0) is 14.3 Å². The molecule has 1 unspecified atom stereocenters. The average Bonchev–Trinajstić information content (AvgIpc) is 2.65. The van der Waals surface area contributed by atoms with E-state index in [0.717, 1.165) is 22.2 Å². The number of rotatable bonds is 5. The Labute approximate surface area is 185 Å². The normalized spacial score (nSPS) is 20.5. The average molecular weight is 478 g/mol. The van der Waals surface area contributed by atoms with Gasteiger partial charge in [0.25, 0.3) is 0 Å². The predicted octanol–water partition coefficient (Wildman–Crippen LogP) is 4.63. The summed E-state index contributed by atoms with van der Waals surface area (Å²) < 4.78 is 17.0. The lowest BCUT2D eigenvalue weighted by Crippen LogP contribution is -2.38. The van der Waals surface area contributed by atoms with Crippen LogP contribution in [0.15, 0.2) is 39.1 Å². The molecular formula is C23H28BrNO5. The molecular weight excluding hydrogens is 450 g/mol. The topological polar surface area (TPSA) is 73.9 Å². The Morgan fingerprint density at radius 1 is 1.20 bits per heavy atom. The number of dihydropyridines is 1. The zero-order chi connectivity index (χ0) is 22.2. The number of halogens is 1. The Balaban J connectivity index is 2.27. The van der Waals surface area contributed by atoms with Crippen molar-refractivity contribution in [2.45, 2.75) is 46.5 Å².